The molecule has 3 aromatic rings. The molecule has 1 aromatic heterocycles. The molecule has 1 saturated heterocycles. The molecule has 1 fully saturated rings. The van der Waals surface area contributed by atoms with Crippen molar-refractivity contribution in [2.24, 2.45) is 7.05 Å². The van der Waals surface area contributed by atoms with Crippen LogP contribution in [-0.4, -0.2) is 34.5 Å². The summed E-state index contributed by atoms with van der Waals surface area (Å²) in [5.74, 6) is 0.0741. The molecule has 1 atom stereocenters. The third-order valence-corrected chi connectivity index (χ3v) is 5.70. The molecule has 28 heavy (non-hydrogen) atoms. The third kappa shape index (κ3) is 3.22. The van der Waals surface area contributed by atoms with Gasteiger partial charge in [0.05, 0.1) is 12.1 Å². The molecule has 0 spiro atoms. The van der Waals surface area contributed by atoms with Gasteiger partial charge in [0.15, 0.2) is 0 Å². The van der Waals surface area contributed by atoms with E-state index in [1.165, 1.54) is 0 Å². The Morgan fingerprint density at radius 3 is 2.54 bits per heavy atom. The molecule has 0 unspecified atom stereocenters. The van der Waals surface area contributed by atoms with Crippen LogP contribution in [0.1, 0.15) is 18.1 Å². The normalized spacial score (nSPS) is 18.0. The standard InChI is InChI=1S/C23H25N3O2/c1-16-8-4-6-10-20(16)26-13-17(2)25(15-22(26)27)14-19-12-18-9-5-7-11-21(18)24(3)23(19)28/h4-12,17H,13-15H2,1-3H3/t17-/m1/s1. The fraction of sp³-hybridized carbons (Fsp3) is 0.304. The summed E-state index contributed by atoms with van der Waals surface area (Å²) in [6.07, 6.45) is 0. The van der Waals surface area contributed by atoms with Crippen LogP contribution in [0, 0.1) is 6.92 Å². The van der Waals surface area contributed by atoms with E-state index in [9.17, 15) is 9.59 Å². The van der Waals surface area contributed by atoms with Crippen LogP contribution in [0.15, 0.2) is 59.4 Å². The van der Waals surface area contributed by atoms with Crippen LogP contribution in [-0.2, 0) is 18.4 Å². The lowest BCUT2D eigenvalue weighted by atomic mass is 10.1. The van der Waals surface area contributed by atoms with Crippen molar-refractivity contribution in [3.63, 3.8) is 0 Å². The van der Waals surface area contributed by atoms with Crippen molar-refractivity contribution >= 4 is 22.5 Å². The molecule has 2 heterocycles. The summed E-state index contributed by atoms with van der Waals surface area (Å²) in [4.78, 5) is 29.6. The van der Waals surface area contributed by atoms with Crippen LogP contribution in [0.25, 0.3) is 10.9 Å². The highest BCUT2D eigenvalue weighted by Gasteiger charge is 2.31. The first-order chi connectivity index (χ1) is 13.5. The van der Waals surface area contributed by atoms with E-state index in [0.717, 1.165) is 27.7 Å². The van der Waals surface area contributed by atoms with Crippen molar-refractivity contribution in [2.75, 3.05) is 18.0 Å². The predicted octanol–water partition coefficient (Wildman–Crippen LogP) is 3.08. The summed E-state index contributed by atoms with van der Waals surface area (Å²) >= 11 is 0. The van der Waals surface area contributed by atoms with Gasteiger partial charge in [0.25, 0.3) is 5.56 Å². The van der Waals surface area contributed by atoms with E-state index in [0.29, 0.717) is 19.6 Å². The molecule has 0 N–H and O–H groups in total. The largest absolute Gasteiger partial charge is 0.311 e. The summed E-state index contributed by atoms with van der Waals surface area (Å²) < 4.78 is 1.70. The topological polar surface area (TPSA) is 45.5 Å². The van der Waals surface area contributed by atoms with Gasteiger partial charge in [-0.05, 0) is 43.0 Å². The maximum Gasteiger partial charge on any atom is 0.255 e. The number of fused-ring (bicyclic) bond motifs is 1. The second-order valence-corrected chi connectivity index (χ2v) is 7.64. The quantitative estimate of drug-likeness (QED) is 0.707. The van der Waals surface area contributed by atoms with Gasteiger partial charge in [0.2, 0.25) is 5.91 Å². The molecule has 0 aliphatic carbocycles. The molecule has 2 aromatic carbocycles. The van der Waals surface area contributed by atoms with Gasteiger partial charge in [0, 0.05) is 37.4 Å². The number of aryl methyl sites for hydroxylation is 2. The lowest BCUT2D eigenvalue weighted by Gasteiger charge is -2.39. The number of amides is 1. The van der Waals surface area contributed by atoms with Gasteiger partial charge in [-0.15, -0.1) is 0 Å². The number of carbonyl (C=O) groups is 1. The monoisotopic (exact) mass is 375 g/mol. The number of para-hydroxylation sites is 2. The zero-order valence-corrected chi connectivity index (χ0v) is 16.6. The summed E-state index contributed by atoms with van der Waals surface area (Å²) in [5, 5.41) is 1.04. The molecule has 1 aliphatic heterocycles. The van der Waals surface area contributed by atoms with E-state index in [4.69, 9.17) is 0 Å². The van der Waals surface area contributed by atoms with E-state index in [-0.39, 0.29) is 17.5 Å². The Balaban J connectivity index is 1.60. The lowest BCUT2D eigenvalue weighted by Crippen LogP contribution is -2.55. The molecule has 5 heteroatoms. The molecular formula is C23H25N3O2. The van der Waals surface area contributed by atoms with E-state index in [1.54, 1.807) is 11.6 Å². The van der Waals surface area contributed by atoms with Crippen LogP contribution in [0.4, 0.5) is 5.69 Å². The van der Waals surface area contributed by atoms with Crippen LogP contribution in [0.2, 0.25) is 0 Å². The summed E-state index contributed by atoms with van der Waals surface area (Å²) in [6, 6.07) is 18.0. The predicted molar refractivity (Wildman–Crippen MR) is 113 cm³/mol. The van der Waals surface area contributed by atoms with E-state index < -0.39 is 0 Å². The molecule has 0 radical (unpaired) electrons. The molecule has 4 rings (SSSR count). The van der Waals surface area contributed by atoms with Crippen LogP contribution < -0.4 is 10.5 Å². The summed E-state index contributed by atoms with van der Waals surface area (Å²) in [6.45, 7) is 5.55. The number of nitrogens with zero attached hydrogens (tertiary/aromatic N) is 3. The minimum Gasteiger partial charge on any atom is -0.311 e. The van der Waals surface area contributed by atoms with E-state index >= 15 is 0 Å². The number of piperazine rings is 1. The highest BCUT2D eigenvalue weighted by atomic mass is 16.2. The fourth-order valence-electron chi connectivity index (χ4n) is 4.03. The molecule has 0 bridgehead atoms. The number of rotatable bonds is 3. The Kier molecular flexibility index (Phi) is 4.77. The minimum absolute atomic E-state index is 0.000294. The van der Waals surface area contributed by atoms with Gasteiger partial charge in [-0.3, -0.25) is 14.5 Å². The Labute approximate surface area is 164 Å². The van der Waals surface area contributed by atoms with Crippen LogP contribution >= 0.6 is 0 Å². The highest BCUT2D eigenvalue weighted by Crippen LogP contribution is 2.24. The summed E-state index contributed by atoms with van der Waals surface area (Å²) in [7, 11) is 1.80. The number of benzene rings is 2. The van der Waals surface area contributed by atoms with E-state index in [2.05, 4.69) is 11.8 Å². The molecule has 144 valence electrons. The van der Waals surface area contributed by atoms with Crippen molar-refractivity contribution in [1.29, 1.82) is 0 Å². The SMILES string of the molecule is Cc1ccccc1N1C[C@@H](C)N(Cc2cc3ccccc3n(C)c2=O)CC1=O. The average Bonchev–Trinajstić information content (AvgIpc) is 2.69. The van der Waals surface area contributed by atoms with Crippen LogP contribution in [0.5, 0.6) is 0 Å². The number of aromatic nitrogens is 1. The maximum absolute atomic E-state index is 12.9. The highest BCUT2D eigenvalue weighted by molar-refractivity contribution is 5.96. The Morgan fingerprint density at radius 2 is 1.75 bits per heavy atom. The van der Waals surface area contributed by atoms with Crippen molar-refractivity contribution in [3.05, 3.63) is 76.1 Å². The van der Waals surface area contributed by atoms with E-state index in [1.807, 2.05) is 66.4 Å². The number of carbonyl (C=O) groups excluding carboxylic acids is 1. The van der Waals surface area contributed by atoms with Crippen molar-refractivity contribution in [3.8, 4) is 0 Å². The van der Waals surface area contributed by atoms with Gasteiger partial charge in [-0.2, -0.15) is 0 Å². The zero-order valence-electron chi connectivity index (χ0n) is 16.6. The molecule has 1 amide bonds. The maximum atomic E-state index is 12.9. The first-order valence-corrected chi connectivity index (χ1v) is 9.63. The van der Waals surface area contributed by atoms with Crippen LogP contribution in [0.3, 0.4) is 0 Å². The first-order valence-electron chi connectivity index (χ1n) is 9.63. The number of hydrogen-bond donors (Lipinski definition) is 0. The van der Waals surface area contributed by atoms with Crippen molar-refractivity contribution < 1.29 is 4.79 Å². The van der Waals surface area contributed by atoms with Gasteiger partial charge >= 0.3 is 0 Å². The number of pyridine rings is 1. The Morgan fingerprint density at radius 1 is 1.04 bits per heavy atom. The zero-order chi connectivity index (χ0) is 19.8. The van der Waals surface area contributed by atoms with Gasteiger partial charge < -0.3 is 9.47 Å². The molecule has 5 nitrogen and oxygen atoms in total. The third-order valence-electron chi connectivity index (χ3n) is 5.70. The second-order valence-electron chi connectivity index (χ2n) is 7.64. The van der Waals surface area contributed by atoms with Gasteiger partial charge in [-0.25, -0.2) is 0 Å². The van der Waals surface area contributed by atoms with Gasteiger partial charge in [-0.1, -0.05) is 36.4 Å². The molecular weight excluding hydrogens is 350 g/mol. The minimum atomic E-state index is -0.000294. The molecule has 0 saturated carbocycles. The number of anilines is 1. The fourth-order valence-corrected chi connectivity index (χ4v) is 4.03. The Bertz CT molecular complexity index is 1100. The molecule has 1 aliphatic rings. The lowest BCUT2D eigenvalue weighted by molar-refractivity contribution is -0.122. The smallest absolute Gasteiger partial charge is 0.255 e. The van der Waals surface area contributed by atoms with Crippen molar-refractivity contribution in [2.45, 2.75) is 26.4 Å². The second kappa shape index (κ2) is 7.24. The average molecular weight is 375 g/mol. The summed E-state index contributed by atoms with van der Waals surface area (Å²) in [5.41, 5.74) is 3.72. The first kappa shape index (κ1) is 18.4. The van der Waals surface area contributed by atoms with Crippen molar-refractivity contribution in [1.82, 2.24) is 9.47 Å². The Hall–Kier alpha value is -2.92. The number of hydrogen-bond acceptors (Lipinski definition) is 3. The van der Waals surface area contributed by atoms with Gasteiger partial charge in [0.1, 0.15) is 0 Å².